The zero-order valence-corrected chi connectivity index (χ0v) is 6.19. The molecule has 1 radical (unpaired) electrons. The van der Waals surface area contributed by atoms with E-state index in [9.17, 15) is 0 Å². The van der Waals surface area contributed by atoms with Crippen LogP contribution in [0.2, 0.25) is 0 Å². The predicted molar refractivity (Wildman–Crippen MR) is 39.0 cm³/mol. The Morgan fingerprint density at radius 3 is 2.78 bits per heavy atom. The van der Waals surface area contributed by atoms with E-state index in [2.05, 4.69) is 13.3 Å². The van der Waals surface area contributed by atoms with Gasteiger partial charge >= 0.3 is 0 Å². The maximum Gasteiger partial charge on any atom is -0.0266 e. The van der Waals surface area contributed by atoms with Crippen molar-refractivity contribution < 1.29 is 0 Å². The molecule has 0 aromatic rings. The molecule has 2 atom stereocenters. The van der Waals surface area contributed by atoms with Gasteiger partial charge < -0.3 is 0 Å². The summed E-state index contributed by atoms with van der Waals surface area (Å²) in [4.78, 5) is 0. The van der Waals surface area contributed by atoms with E-state index in [1.54, 1.807) is 0 Å². The average molecular weight is 123 g/mol. The molecule has 0 aliphatic heterocycles. The molecule has 2 bridgehead atoms. The fraction of sp³-hybridized carbons (Fsp3) is 0.889. The third-order valence-electron chi connectivity index (χ3n) is 3.33. The molecule has 2 aliphatic carbocycles. The van der Waals surface area contributed by atoms with Crippen LogP contribution < -0.4 is 0 Å². The molecular formula is C9H15. The summed E-state index contributed by atoms with van der Waals surface area (Å²) >= 11 is 0. The second-order valence-corrected chi connectivity index (χ2v) is 3.76. The molecule has 0 heteroatoms. The van der Waals surface area contributed by atoms with E-state index >= 15 is 0 Å². The Morgan fingerprint density at radius 1 is 1.67 bits per heavy atom. The maximum atomic E-state index is 2.58. The standard InChI is InChI=1S/C9H15/c1-2-9-5-3-8(7-9)4-6-9/h5,8H,2-4,6-7H2,1H3. The van der Waals surface area contributed by atoms with Crippen LogP contribution in [-0.2, 0) is 0 Å². The summed E-state index contributed by atoms with van der Waals surface area (Å²) in [7, 11) is 0. The van der Waals surface area contributed by atoms with Gasteiger partial charge in [-0.25, -0.2) is 0 Å². The predicted octanol–water partition coefficient (Wildman–Crippen LogP) is 2.79. The van der Waals surface area contributed by atoms with Gasteiger partial charge in [0.05, 0.1) is 0 Å². The van der Waals surface area contributed by atoms with Crippen LogP contribution in [0.5, 0.6) is 0 Å². The quantitative estimate of drug-likeness (QED) is 0.503. The molecule has 2 aliphatic rings. The zero-order valence-electron chi connectivity index (χ0n) is 6.19. The van der Waals surface area contributed by atoms with E-state index in [0.29, 0.717) is 0 Å². The minimum Gasteiger partial charge on any atom is -0.0648 e. The first-order valence-electron chi connectivity index (χ1n) is 4.19. The monoisotopic (exact) mass is 123 g/mol. The second kappa shape index (κ2) is 1.74. The van der Waals surface area contributed by atoms with Crippen LogP contribution in [0.3, 0.4) is 0 Å². The Bertz CT molecular complexity index is 107. The van der Waals surface area contributed by atoms with Crippen LogP contribution in [0.15, 0.2) is 0 Å². The summed E-state index contributed by atoms with van der Waals surface area (Å²) < 4.78 is 0. The fourth-order valence-corrected chi connectivity index (χ4v) is 2.54. The highest BCUT2D eigenvalue weighted by atomic mass is 14.5. The third-order valence-corrected chi connectivity index (χ3v) is 3.33. The topological polar surface area (TPSA) is 0 Å². The Morgan fingerprint density at radius 2 is 2.56 bits per heavy atom. The maximum absolute atomic E-state index is 2.58. The van der Waals surface area contributed by atoms with Gasteiger partial charge in [0.1, 0.15) is 0 Å². The Hall–Kier alpha value is 0. The van der Waals surface area contributed by atoms with Crippen molar-refractivity contribution in [2.45, 2.75) is 39.0 Å². The molecule has 0 nitrogen and oxygen atoms in total. The molecular weight excluding hydrogens is 108 g/mol. The van der Waals surface area contributed by atoms with Crippen molar-refractivity contribution in [1.82, 2.24) is 0 Å². The highest BCUT2D eigenvalue weighted by molar-refractivity contribution is 5.05. The van der Waals surface area contributed by atoms with Crippen LogP contribution in [-0.4, -0.2) is 0 Å². The lowest BCUT2D eigenvalue weighted by Gasteiger charge is -2.23. The van der Waals surface area contributed by atoms with E-state index in [4.69, 9.17) is 0 Å². The van der Waals surface area contributed by atoms with E-state index in [0.717, 1.165) is 11.3 Å². The molecule has 0 amide bonds. The molecule has 2 rings (SSSR count). The zero-order chi connectivity index (χ0) is 6.32. The largest absolute Gasteiger partial charge is 0.0648 e. The van der Waals surface area contributed by atoms with Crippen LogP contribution >= 0.6 is 0 Å². The SMILES string of the molecule is CCC12[CH]CC(CC1)C2. The van der Waals surface area contributed by atoms with Crippen molar-refractivity contribution in [3.8, 4) is 0 Å². The van der Waals surface area contributed by atoms with Gasteiger partial charge in [0.25, 0.3) is 0 Å². The fourth-order valence-electron chi connectivity index (χ4n) is 2.54. The van der Waals surface area contributed by atoms with Gasteiger partial charge in [-0.15, -0.1) is 0 Å². The van der Waals surface area contributed by atoms with Crippen LogP contribution in [0.4, 0.5) is 0 Å². The summed E-state index contributed by atoms with van der Waals surface area (Å²) in [6.45, 7) is 2.34. The highest BCUT2D eigenvalue weighted by Crippen LogP contribution is 2.54. The van der Waals surface area contributed by atoms with E-state index in [1.807, 2.05) is 0 Å². The van der Waals surface area contributed by atoms with Crippen molar-refractivity contribution in [3.05, 3.63) is 6.42 Å². The van der Waals surface area contributed by atoms with Crippen LogP contribution in [0.1, 0.15) is 39.0 Å². The summed E-state index contributed by atoms with van der Waals surface area (Å²) in [5.41, 5.74) is 0.727. The number of fused-ring (bicyclic) bond motifs is 2. The minimum absolute atomic E-state index is 0.727. The van der Waals surface area contributed by atoms with Crippen molar-refractivity contribution >= 4 is 0 Å². The van der Waals surface area contributed by atoms with Gasteiger partial charge in [0, 0.05) is 0 Å². The first-order valence-corrected chi connectivity index (χ1v) is 4.19. The van der Waals surface area contributed by atoms with Gasteiger partial charge in [0.2, 0.25) is 0 Å². The van der Waals surface area contributed by atoms with Gasteiger partial charge in [-0.05, 0) is 43.4 Å². The molecule has 0 saturated heterocycles. The molecule has 0 aromatic carbocycles. The lowest BCUT2D eigenvalue weighted by Crippen LogP contribution is -2.12. The van der Waals surface area contributed by atoms with Crippen LogP contribution in [0.25, 0.3) is 0 Å². The highest BCUT2D eigenvalue weighted by Gasteiger charge is 2.43. The Labute approximate surface area is 57.6 Å². The first-order chi connectivity index (χ1) is 4.35. The van der Waals surface area contributed by atoms with E-state index < -0.39 is 0 Å². The summed E-state index contributed by atoms with van der Waals surface area (Å²) in [6.07, 6.45) is 9.93. The van der Waals surface area contributed by atoms with E-state index in [1.165, 1.54) is 32.1 Å². The summed E-state index contributed by atoms with van der Waals surface area (Å²) in [5.74, 6) is 1.09. The summed E-state index contributed by atoms with van der Waals surface area (Å²) in [5, 5.41) is 0. The second-order valence-electron chi connectivity index (χ2n) is 3.76. The smallest absolute Gasteiger partial charge is 0.0266 e. The molecule has 0 heterocycles. The molecule has 0 N–H and O–H groups in total. The summed E-state index contributed by atoms with van der Waals surface area (Å²) in [6, 6.07) is 0. The molecule has 0 aromatic heterocycles. The molecule has 51 valence electrons. The first kappa shape index (κ1) is 5.76. The van der Waals surface area contributed by atoms with Crippen LogP contribution in [0, 0.1) is 17.8 Å². The third kappa shape index (κ3) is 0.720. The normalized spacial score (nSPS) is 48.3. The number of hydrogen-bond donors (Lipinski definition) is 0. The average Bonchev–Trinajstić information content (AvgIpc) is 2.46. The lowest BCUT2D eigenvalue weighted by molar-refractivity contribution is 0.361. The van der Waals surface area contributed by atoms with Crippen molar-refractivity contribution in [3.63, 3.8) is 0 Å². The number of hydrogen-bond acceptors (Lipinski definition) is 0. The van der Waals surface area contributed by atoms with Crippen molar-refractivity contribution in [2.24, 2.45) is 11.3 Å². The van der Waals surface area contributed by atoms with Crippen molar-refractivity contribution in [1.29, 1.82) is 0 Å². The molecule has 2 saturated carbocycles. The Balaban J connectivity index is 2.13. The van der Waals surface area contributed by atoms with Gasteiger partial charge in [-0.1, -0.05) is 13.3 Å². The van der Waals surface area contributed by atoms with Gasteiger partial charge in [0.15, 0.2) is 0 Å². The number of rotatable bonds is 1. The lowest BCUT2D eigenvalue weighted by atomic mass is 9.82. The Kier molecular flexibility index (Phi) is 1.12. The van der Waals surface area contributed by atoms with E-state index in [-0.39, 0.29) is 0 Å². The molecule has 2 fully saturated rings. The minimum atomic E-state index is 0.727. The molecule has 2 unspecified atom stereocenters. The molecule has 9 heavy (non-hydrogen) atoms. The van der Waals surface area contributed by atoms with Gasteiger partial charge in [-0.3, -0.25) is 0 Å². The molecule has 0 spiro atoms. The van der Waals surface area contributed by atoms with Gasteiger partial charge in [-0.2, -0.15) is 0 Å². The van der Waals surface area contributed by atoms with Crippen molar-refractivity contribution in [2.75, 3.05) is 0 Å².